The molecule has 0 spiro atoms. The van der Waals surface area contributed by atoms with Crippen LogP contribution in [0.3, 0.4) is 0 Å². The van der Waals surface area contributed by atoms with Crippen molar-refractivity contribution < 1.29 is 28.5 Å². The fraction of sp³-hybridized carbons (Fsp3) is 0.391. The number of benzene rings is 2. The summed E-state index contributed by atoms with van der Waals surface area (Å²) in [5, 5.41) is 2.89. The molecule has 0 aliphatic rings. The van der Waals surface area contributed by atoms with Gasteiger partial charge in [0, 0.05) is 5.69 Å². The van der Waals surface area contributed by atoms with Crippen LogP contribution in [0.5, 0.6) is 17.2 Å². The number of ether oxygens (including phenoxy) is 4. The summed E-state index contributed by atoms with van der Waals surface area (Å²) in [5.41, 5.74) is 2.89. The highest BCUT2D eigenvalue weighted by atomic mass is 16.5. The standard InChI is InChI=1S/C23H29NO6/c1-13(2)17-10-8-9-14(3)20(17)24-22(25)15(4)30-23(26)16-11-18(27-5)21(29-7)19(12-16)28-6/h8-13,15H,1-7H3,(H,24,25)/t15-/m1/s1. The molecule has 0 saturated heterocycles. The lowest BCUT2D eigenvalue weighted by Gasteiger charge is -2.19. The maximum absolute atomic E-state index is 12.7. The molecule has 0 saturated carbocycles. The smallest absolute Gasteiger partial charge is 0.339 e. The molecule has 1 N–H and O–H groups in total. The molecule has 2 rings (SSSR count). The number of carbonyl (C=O) groups excluding carboxylic acids is 2. The number of aryl methyl sites for hydroxylation is 1. The summed E-state index contributed by atoms with van der Waals surface area (Å²) in [6.07, 6.45) is -1.00. The number of anilines is 1. The molecule has 1 amide bonds. The van der Waals surface area contributed by atoms with Crippen molar-refractivity contribution in [2.75, 3.05) is 26.6 Å². The van der Waals surface area contributed by atoms with Gasteiger partial charge in [0.05, 0.1) is 26.9 Å². The third-order valence-corrected chi connectivity index (χ3v) is 4.73. The molecule has 2 aromatic rings. The van der Waals surface area contributed by atoms with E-state index in [9.17, 15) is 9.59 Å². The molecule has 0 fully saturated rings. The predicted molar refractivity (Wildman–Crippen MR) is 115 cm³/mol. The van der Waals surface area contributed by atoms with Crippen molar-refractivity contribution in [3.8, 4) is 17.2 Å². The van der Waals surface area contributed by atoms with E-state index in [2.05, 4.69) is 19.2 Å². The summed E-state index contributed by atoms with van der Waals surface area (Å²) in [6, 6.07) is 8.81. The summed E-state index contributed by atoms with van der Waals surface area (Å²) < 4.78 is 21.1. The number of methoxy groups -OCH3 is 3. The van der Waals surface area contributed by atoms with E-state index in [0.29, 0.717) is 17.2 Å². The topological polar surface area (TPSA) is 83.1 Å². The van der Waals surface area contributed by atoms with Crippen molar-refractivity contribution >= 4 is 17.6 Å². The van der Waals surface area contributed by atoms with E-state index in [1.165, 1.54) is 40.4 Å². The predicted octanol–water partition coefficient (Wildman–Crippen LogP) is 4.33. The van der Waals surface area contributed by atoms with Gasteiger partial charge in [-0.3, -0.25) is 4.79 Å². The molecular weight excluding hydrogens is 386 g/mol. The van der Waals surface area contributed by atoms with Crippen LogP contribution in [0.15, 0.2) is 30.3 Å². The summed E-state index contributed by atoms with van der Waals surface area (Å²) in [5.74, 6) is 0.155. The third kappa shape index (κ3) is 5.03. The van der Waals surface area contributed by atoms with Gasteiger partial charge in [0.15, 0.2) is 17.6 Å². The second-order valence-electron chi connectivity index (χ2n) is 7.14. The monoisotopic (exact) mass is 415 g/mol. The Hall–Kier alpha value is -3.22. The molecule has 0 heterocycles. The molecule has 7 heteroatoms. The van der Waals surface area contributed by atoms with Gasteiger partial charge in [0.25, 0.3) is 5.91 Å². The van der Waals surface area contributed by atoms with Gasteiger partial charge in [-0.05, 0) is 43.0 Å². The number of hydrogen-bond acceptors (Lipinski definition) is 6. The average molecular weight is 415 g/mol. The Morgan fingerprint density at radius 2 is 1.53 bits per heavy atom. The van der Waals surface area contributed by atoms with Crippen LogP contribution in [0.1, 0.15) is 48.2 Å². The molecule has 7 nitrogen and oxygen atoms in total. The molecule has 162 valence electrons. The van der Waals surface area contributed by atoms with Crippen molar-refractivity contribution in [2.45, 2.75) is 39.7 Å². The van der Waals surface area contributed by atoms with E-state index in [1.54, 1.807) is 0 Å². The van der Waals surface area contributed by atoms with E-state index >= 15 is 0 Å². The first-order valence-corrected chi connectivity index (χ1v) is 9.64. The second-order valence-corrected chi connectivity index (χ2v) is 7.14. The van der Waals surface area contributed by atoms with Crippen LogP contribution in [-0.4, -0.2) is 39.3 Å². The summed E-state index contributed by atoms with van der Waals surface area (Å²) >= 11 is 0. The summed E-state index contributed by atoms with van der Waals surface area (Å²) in [4.78, 5) is 25.3. The maximum Gasteiger partial charge on any atom is 0.339 e. The quantitative estimate of drug-likeness (QED) is 0.646. The number of esters is 1. The van der Waals surface area contributed by atoms with Gasteiger partial charge in [-0.15, -0.1) is 0 Å². The van der Waals surface area contributed by atoms with Crippen LogP contribution in [0, 0.1) is 6.92 Å². The Kier molecular flexibility index (Phi) is 7.69. The van der Waals surface area contributed by atoms with E-state index < -0.39 is 18.0 Å². The number of hydrogen-bond donors (Lipinski definition) is 1. The third-order valence-electron chi connectivity index (χ3n) is 4.73. The van der Waals surface area contributed by atoms with Crippen LogP contribution < -0.4 is 19.5 Å². The van der Waals surface area contributed by atoms with Gasteiger partial charge >= 0.3 is 5.97 Å². The number of para-hydroxylation sites is 1. The Bertz CT molecular complexity index is 897. The highest BCUT2D eigenvalue weighted by molar-refractivity contribution is 5.98. The molecule has 0 radical (unpaired) electrons. The Morgan fingerprint density at radius 3 is 2.03 bits per heavy atom. The first kappa shape index (κ1) is 23.1. The SMILES string of the molecule is COc1cc(C(=O)O[C@H](C)C(=O)Nc2c(C)cccc2C(C)C)cc(OC)c1OC. The van der Waals surface area contributed by atoms with Crippen molar-refractivity contribution in [3.63, 3.8) is 0 Å². The number of carbonyl (C=O) groups is 2. The zero-order valence-electron chi connectivity index (χ0n) is 18.5. The highest BCUT2D eigenvalue weighted by Crippen LogP contribution is 2.38. The van der Waals surface area contributed by atoms with E-state index in [4.69, 9.17) is 18.9 Å². The first-order chi connectivity index (χ1) is 14.2. The number of rotatable bonds is 8. The van der Waals surface area contributed by atoms with Crippen LogP contribution >= 0.6 is 0 Å². The minimum absolute atomic E-state index is 0.183. The number of amides is 1. The fourth-order valence-electron chi connectivity index (χ4n) is 3.05. The molecule has 0 unspecified atom stereocenters. The van der Waals surface area contributed by atoms with Crippen molar-refractivity contribution in [1.29, 1.82) is 0 Å². The first-order valence-electron chi connectivity index (χ1n) is 9.64. The molecular formula is C23H29NO6. The summed E-state index contributed by atoms with van der Waals surface area (Å²) in [6.45, 7) is 7.56. The van der Waals surface area contributed by atoms with Crippen LogP contribution in [0.2, 0.25) is 0 Å². The van der Waals surface area contributed by atoms with Crippen molar-refractivity contribution in [1.82, 2.24) is 0 Å². The minimum atomic E-state index is -1.00. The van der Waals surface area contributed by atoms with E-state index in [1.807, 2.05) is 25.1 Å². The Morgan fingerprint density at radius 1 is 0.933 bits per heavy atom. The lowest BCUT2D eigenvalue weighted by molar-refractivity contribution is -0.123. The van der Waals surface area contributed by atoms with Gasteiger partial charge in [-0.1, -0.05) is 32.0 Å². The molecule has 30 heavy (non-hydrogen) atoms. The Labute approximate surface area is 177 Å². The average Bonchev–Trinajstić information content (AvgIpc) is 2.73. The van der Waals surface area contributed by atoms with Gasteiger partial charge < -0.3 is 24.3 Å². The zero-order chi connectivity index (χ0) is 22.4. The van der Waals surface area contributed by atoms with Crippen LogP contribution in [0.25, 0.3) is 0 Å². The van der Waals surface area contributed by atoms with Gasteiger partial charge in [0.2, 0.25) is 5.75 Å². The normalized spacial score (nSPS) is 11.6. The van der Waals surface area contributed by atoms with Gasteiger partial charge in [-0.2, -0.15) is 0 Å². The molecule has 1 atom stereocenters. The lowest BCUT2D eigenvalue weighted by atomic mass is 9.98. The highest BCUT2D eigenvalue weighted by Gasteiger charge is 2.23. The minimum Gasteiger partial charge on any atom is -0.493 e. The van der Waals surface area contributed by atoms with Gasteiger partial charge in [0.1, 0.15) is 0 Å². The largest absolute Gasteiger partial charge is 0.493 e. The van der Waals surface area contributed by atoms with E-state index in [-0.39, 0.29) is 11.5 Å². The van der Waals surface area contributed by atoms with Crippen LogP contribution in [-0.2, 0) is 9.53 Å². The Balaban J connectivity index is 2.20. The van der Waals surface area contributed by atoms with Crippen molar-refractivity contribution in [3.05, 3.63) is 47.0 Å². The number of nitrogens with one attached hydrogen (secondary N) is 1. The zero-order valence-corrected chi connectivity index (χ0v) is 18.5. The molecule has 0 aliphatic heterocycles. The fourth-order valence-corrected chi connectivity index (χ4v) is 3.05. The second kappa shape index (κ2) is 10.0. The lowest BCUT2D eigenvalue weighted by Crippen LogP contribution is -2.30. The molecule has 2 aromatic carbocycles. The molecule has 0 aliphatic carbocycles. The molecule has 0 bridgehead atoms. The molecule has 0 aromatic heterocycles. The van der Waals surface area contributed by atoms with Crippen LogP contribution in [0.4, 0.5) is 5.69 Å². The maximum atomic E-state index is 12.7. The van der Waals surface area contributed by atoms with Crippen molar-refractivity contribution in [2.24, 2.45) is 0 Å². The summed E-state index contributed by atoms with van der Waals surface area (Å²) in [7, 11) is 4.38. The van der Waals surface area contributed by atoms with Gasteiger partial charge in [-0.25, -0.2) is 4.79 Å². The van der Waals surface area contributed by atoms with E-state index in [0.717, 1.165) is 16.8 Å².